The van der Waals surface area contributed by atoms with Crippen molar-refractivity contribution in [2.24, 2.45) is 0 Å². The van der Waals surface area contributed by atoms with Crippen molar-refractivity contribution in [3.63, 3.8) is 0 Å². The number of aliphatic hydroxyl groups excluding tert-OH is 1. The number of aromatic nitrogens is 1. The van der Waals surface area contributed by atoms with Gasteiger partial charge in [0.05, 0.1) is 11.6 Å². The van der Waals surface area contributed by atoms with Crippen LogP contribution in [0.25, 0.3) is 11.1 Å². The summed E-state index contributed by atoms with van der Waals surface area (Å²) in [5.41, 5.74) is 3.32. The molecule has 19 heavy (non-hydrogen) atoms. The predicted molar refractivity (Wildman–Crippen MR) is 77.3 cm³/mol. The van der Waals surface area contributed by atoms with Crippen LogP contribution < -0.4 is 5.32 Å². The summed E-state index contributed by atoms with van der Waals surface area (Å²) in [7, 11) is 0. The Kier molecular flexibility index (Phi) is 2.77. The zero-order valence-corrected chi connectivity index (χ0v) is 11.6. The number of benzene rings is 1. The molecule has 0 saturated heterocycles. The summed E-state index contributed by atoms with van der Waals surface area (Å²) in [6.07, 6.45) is 1.10. The maximum Gasteiger partial charge on any atom is 0.135 e. The largest absolute Gasteiger partial charge is 0.391 e. The highest BCUT2D eigenvalue weighted by atomic mass is 35.5. The van der Waals surface area contributed by atoms with Crippen LogP contribution in [0.1, 0.15) is 19.4 Å². The summed E-state index contributed by atoms with van der Waals surface area (Å²) in [6.45, 7) is 3.70. The lowest BCUT2D eigenvalue weighted by molar-refractivity contribution is 0.122. The molecule has 1 aliphatic heterocycles. The fraction of sp³-hybridized carbons (Fsp3) is 0.267. The standard InChI is InChI=1S/C15H15ClN2O/c1-9(19)15(2)13-11(7-8-17-14(13)16)10-5-3-4-6-12(10)18-15/h3-9,18-19H,1-2H3. The van der Waals surface area contributed by atoms with E-state index in [9.17, 15) is 5.11 Å². The number of anilines is 1. The molecule has 2 aromatic rings. The molecular formula is C15H15ClN2O. The molecule has 2 heterocycles. The lowest BCUT2D eigenvalue weighted by Crippen LogP contribution is -2.44. The third-order valence-corrected chi connectivity index (χ3v) is 4.16. The number of pyridine rings is 1. The van der Waals surface area contributed by atoms with Gasteiger partial charge < -0.3 is 10.4 Å². The van der Waals surface area contributed by atoms with Gasteiger partial charge in [0.25, 0.3) is 0 Å². The van der Waals surface area contributed by atoms with Crippen LogP contribution in [0.5, 0.6) is 0 Å². The van der Waals surface area contributed by atoms with Gasteiger partial charge in [-0.15, -0.1) is 0 Å². The molecule has 0 radical (unpaired) electrons. The summed E-state index contributed by atoms with van der Waals surface area (Å²) in [5.74, 6) is 0. The second kappa shape index (κ2) is 4.22. The van der Waals surface area contributed by atoms with E-state index in [-0.39, 0.29) is 0 Å². The van der Waals surface area contributed by atoms with Crippen LogP contribution in [0, 0.1) is 0 Å². The average Bonchev–Trinajstić information content (AvgIpc) is 2.38. The fourth-order valence-electron chi connectivity index (χ4n) is 2.64. The van der Waals surface area contributed by atoms with Crippen LogP contribution in [-0.4, -0.2) is 16.2 Å². The number of fused-ring (bicyclic) bond motifs is 3. The summed E-state index contributed by atoms with van der Waals surface area (Å²) in [5, 5.41) is 14.0. The SMILES string of the molecule is CC(O)C1(C)Nc2ccccc2-c2ccnc(Cl)c21. The first kappa shape index (κ1) is 12.5. The monoisotopic (exact) mass is 274 g/mol. The number of aliphatic hydroxyl groups is 1. The molecule has 1 aromatic heterocycles. The smallest absolute Gasteiger partial charge is 0.135 e. The Morgan fingerprint density at radius 1 is 1.26 bits per heavy atom. The van der Waals surface area contributed by atoms with E-state index in [1.54, 1.807) is 13.1 Å². The molecule has 98 valence electrons. The van der Waals surface area contributed by atoms with Crippen molar-refractivity contribution in [1.82, 2.24) is 4.98 Å². The number of nitrogens with zero attached hydrogens (tertiary/aromatic N) is 1. The maximum absolute atomic E-state index is 10.2. The second-order valence-electron chi connectivity index (χ2n) is 5.07. The molecule has 1 aliphatic rings. The lowest BCUT2D eigenvalue weighted by Gasteiger charge is -2.41. The lowest BCUT2D eigenvalue weighted by atomic mass is 9.79. The van der Waals surface area contributed by atoms with E-state index < -0.39 is 11.6 Å². The molecule has 0 spiro atoms. The molecule has 0 aliphatic carbocycles. The fourth-order valence-corrected chi connectivity index (χ4v) is 2.99. The molecule has 3 rings (SSSR count). The summed E-state index contributed by atoms with van der Waals surface area (Å²) >= 11 is 6.27. The van der Waals surface area contributed by atoms with Crippen molar-refractivity contribution in [2.75, 3.05) is 5.32 Å². The molecule has 3 nitrogen and oxygen atoms in total. The molecule has 0 saturated carbocycles. The molecule has 2 atom stereocenters. The van der Waals surface area contributed by atoms with Crippen LogP contribution in [0.2, 0.25) is 5.15 Å². The van der Waals surface area contributed by atoms with Gasteiger partial charge in [0, 0.05) is 23.0 Å². The van der Waals surface area contributed by atoms with Crippen molar-refractivity contribution in [2.45, 2.75) is 25.5 Å². The number of hydrogen-bond donors (Lipinski definition) is 2. The summed E-state index contributed by atoms with van der Waals surface area (Å²) in [6, 6.07) is 9.96. The van der Waals surface area contributed by atoms with Gasteiger partial charge in [-0.1, -0.05) is 29.8 Å². The van der Waals surface area contributed by atoms with Crippen LogP contribution in [0.3, 0.4) is 0 Å². The Morgan fingerprint density at radius 2 is 2.00 bits per heavy atom. The highest BCUT2D eigenvalue weighted by Gasteiger charge is 2.40. The minimum absolute atomic E-state index is 0.433. The number of rotatable bonds is 1. The van der Waals surface area contributed by atoms with Gasteiger partial charge >= 0.3 is 0 Å². The first-order chi connectivity index (χ1) is 9.04. The van der Waals surface area contributed by atoms with E-state index in [2.05, 4.69) is 10.3 Å². The van der Waals surface area contributed by atoms with Crippen molar-refractivity contribution in [3.05, 3.63) is 47.2 Å². The van der Waals surface area contributed by atoms with Crippen molar-refractivity contribution < 1.29 is 5.11 Å². The van der Waals surface area contributed by atoms with Crippen LogP contribution in [0.15, 0.2) is 36.5 Å². The van der Waals surface area contributed by atoms with Gasteiger partial charge in [0.15, 0.2) is 0 Å². The topological polar surface area (TPSA) is 45.1 Å². The van der Waals surface area contributed by atoms with Gasteiger partial charge in [-0.3, -0.25) is 0 Å². The molecule has 0 fully saturated rings. The molecular weight excluding hydrogens is 260 g/mol. The number of hydrogen-bond acceptors (Lipinski definition) is 3. The molecule has 4 heteroatoms. The zero-order valence-electron chi connectivity index (χ0n) is 10.8. The highest BCUT2D eigenvalue weighted by Crippen LogP contribution is 2.46. The predicted octanol–water partition coefficient (Wildman–Crippen LogP) is 3.42. The molecule has 2 unspecified atom stereocenters. The van der Waals surface area contributed by atoms with Gasteiger partial charge in [0.2, 0.25) is 0 Å². The third-order valence-electron chi connectivity index (χ3n) is 3.87. The van der Waals surface area contributed by atoms with Crippen molar-refractivity contribution in [3.8, 4) is 11.1 Å². The van der Waals surface area contributed by atoms with Gasteiger partial charge in [0.1, 0.15) is 5.15 Å². The van der Waals surface area contributed by atoms with E-state index in [1.807, 2.05) is 37.3 Å². The Hall–Kier alpha value is -1.58. The van der Waals surface area contributed by atoms with E-state index >= 15 is 0 Å². The van der Waals surface area contributed by atoms with Crippen LogP contribution >= 0.6 is 11.6 Å². The van der Waals surface area contributed by atoms with E-state index in [1.165, 1.54) is 0 Å². The zero-order chi connectivity index (χ0) is 13.6. The number of halogens is 1. The van der Waals surface area contributed by atoms with Gasteiger partial charge in [-0.2, -0.15) is 0 Å². The van der Waals surface area contributed by atoms with E-state index in [4.69, 9.17) is 11.6 Å². The second-order valence-corrected chi connectivity index (χ2v) is 5.43. The Balaban J connectivity index is 2.35. The summed E-state index contributed by atoms with van der Waals surface area (Å²) in [4.78, 5) is 4.16. The Labute approximate surface area is 117 Å². The minimum Gasteiger partial charge on any atom is -0.391 e. The number of para-hydroxylation sites is 1. The average molecular weight is 275 g/mol. The Bertz CT molecular complexity index is 642. The number of nitrogens with one attached hydrogen (secondary N) is 1. The molecule has 2 N–H and O–H groups in total. The Morgan fingerprint density at radius 3 is 2.74 bits per heavy atom. The van der Waals surface area contributed by atoms with Crippen molar-refractivity contribution >= 4 is 17.3 Å². The highest BCUT2D eigenvalue weighted by molar-refractivity contribution is 6.30. The minimum atomic E-state index is -0.644. The normalized spacial score (nSPS) is 22.1. The van der Waals surface area contributed by atoms with Gasteiger partial charge in [-0.25, -0.2) is 4.98 Å². The molecule has 0 bridgehead atoms. The van der Waals surface area contributed by atoms with Crippen molar-refractivity contribution in [1.29, 1.82) is 0 Å². The van der Waals surface area contributed by atoms with Gasteiger partial charge in [-0.05, 0) is 31.5 Å². The first-order valence-electron chi connectivity index (χ1n) is 6.24. The molecule has 1 aromatic carbocycles. The van der Waals surface area contributed by atoms with E-state index in [0.717, 1.165) is 22.4 Å². The third kappa shape index (κ3) is 1.73. The molecule has 0 amide bonds. The maximum atomic E-state index is 10.2. The quantitative estimate of drug-likeness (QED) is 0.783. The van der Waals surface area contributed by atoms with Crippen LogP contribution in [0.4, 0.5) is 5.69 Å². The first-order valence-corrected chi connectivity index (χ1v) is 6.62. The van der Waals surface area contributed by atoms with Crippen LogP contribution in [-0.2, 0) is 5.54 Å². The van der Waals surface area contributed by atoms with E-state index in [0.29, 0.717) is 5.15 Å². The summed E-state index contributed by atoms with van der Waals surface area (Å²) < 4.78 is 0.